The fourth-order valence-electron chi connectivity index (χ4n) is 5.08. The maximum Gasteiger partial charge on any atom is 0.0192 e. The fraction of sp³-hybridized carbons (Fsp3) is 0.235. The van der Waals surface area contributed by atoms with Crippen LogP contribution in [0.25, 0.3) is 22.3 Å². The third-order valence-corrected chi connectivity index (χ3v) is 7.98. The van der Waals surface area contributed by atoms with E-state index in [9.17, 15) is 0 Å². The molecule has 4 aromatic rings. The van der Waals surface area contributed by atoms with Crippen molar-refractivity contribution in [2.24, 2.45) is 0 Å². The molecule has 0 fully saturated rings. The molecule has 0 heterocycles. The summed E-state index contributed by atoms with van der Waals surface area (Å²) in [7, 11) is 0. The van der Waals surface area contributed by atoms with Crippen LogP contribution in [-0.2, 0) is 10.8 Å². The molecule has 0 unspecified atom stereocenters. The highest BCUT2D eigenvalue weighted by Gasteiger charge is 2.30. The topological polar surface area (TPSA) is 0 Å². The zero-order chi connectivity index (χ0) is 25.8. The molecule has 0 radical (unpaired) electrons. The lowest BCUT2D eigenvalue weighted by Gasteiger charge is -2.22. The Balaban J connectivity index is 1.95. The molecule has 182 valence electrons. The van der Waals surface area contributed by atoms with Crippen molar-refractivity contribution in [3.05, 3.63) is 127 Å². The lowest BCUT2D eigenvalue weighted by Crippen LogP contribution is -2.11. The number of rotatable bonds is 2. The summed E-state index contributed by atoms with van der Waals surface area (Å²) < 4.78 is 2.12. The molecule has 0 nitrogen and oxygen atoms in total. The SMILES string of the molecule is CC(C)(C)c1ccc2c(c1)C(=C(c1ccccc1)c1cc(Br)cc(Br)c1)c1cc(C(C)(C)C)ccc1-2. The first-order chi connectivity index (χ1) is 16.9. The van der Waals surface area contributed by atoms with Gasteiger partial charge < -0.3 is 0 Å². The van der Waals surface area contributed by atoms with E-state index in [1.807, 2.05) is 0 Å². The van der Waals surface area contributed by atoms with E-state index in [2.05, 4.69) is 158 Å². The molecule has 0 atom stereocenters. The molecule has 0 saturated carbocycles. The Morgan fingerprint density at radius 3 is 1.42 bits per heavy atom. The van der Waals surface area contributed by atoms with E-state index in [1.165, 1.54) is 55.7 Å². The van der Waals surface area contributed by atoms with Crippen molar-refractivity contribution in [3.8, 4) is 11.1 Å². The fourth-order valence-corrected chi connectivity index (χ4v) is 6.37. The van der Waals surface area contributed by atoms with Gasteiger partial charge in [-0.2, -0.15) is 0 Å². The van der Waals surface area contributed by atoms with Gasteiger partial charge in [-0.15, -0.1) is 0 Å². The summed E-state index contributed by atoms with van der Waals surface area (Å²) in [6.07, 6.45) is 0. The summed E-state index contributed by atoms with van der Waals surface area (Å²) in [6.45, 7) is 13.8. The van der Waals surface area contributed by atoms with Crippen LogP contribution in [0.5, 0.6) is 0 Å². The van der Waals surface area contributed by atoms with Crippen LogP contribution in [0.15, 0.2) is 93.9 Å². The Hall–Kier alpha value is -2.42. The van der Waals surface area contributed by atoms with Crippen molar-refractivity contribution in [2.45, 2.75) is 52.4 Å². The summed E-state index contributed by atoms with van der Waals surface area (Å²) in [5.74, 6) is 0. The normalized spacial score (nSPS) is 12.9. The van der Waals surface area contributed by atoms with E-state index < -0.39 is 0 Å². The quantitative estimate of drug-likeness (QED) is 0.189. The van der Waals surface area contributed by atoms with Gasteiger partial charge in [-0.25, -0.2) is 0 Å². The van der Waals surface area contributed by atoms with Gasteiger partial charge in [0.05, 0.1) is 0 Å². The number of hydrogen-bond donors (Lipinski definition) is 0. The summed E-state index contributed by atoms with van der Waals surface area (Å²) in [6, 6.07) is 31.5. The Morgan fingerprint density at radius 2 is 0.972 bits per heavy atom. The first kappa shape index (κ1) is 25.2. The second kappa shape index (κ2) is 9.15. The van der Waals surface area contributed by atoms with E-state index in [-0.39, 0.29) is 10.8 Å². The Kier molecular flexibility index (Phi) is 6.42. The molecule has 0 N–H and O–H groups in total. The average Bonchev–Trinajstić information content (AvgIpc) is 3.11. The number of benzene rings is 4. The van der Waals surface area contributed by atoms with Gasteiger partial charge in [0.2, 0.25) is 0 Å². The standard InChI is InChI=1S/C34H32Br2/c1-33(2,3)23-12-14-27-28-15-13-24(34(4,5)6)19-30(28)32(29(27)18-23)31(21-10-8-7-9-11-21)22-16-25(35)20-26(36)17-22/h7-20H,1-6H3. The molecular weight excluding hydrogens is 568 g/mol. The molecule has 1 aliphatic carbocycles. The van der Waals surface area contributed by atoms with Crippen LogP contribution in [0.4, 0.5) is 0 Å². The van der Waals surface area contributed by atoms with Crippen molar-refractivity contribution in [1.82, 2.24) is 0 Å². The van der Waals surface area contributed by atoms with Crippen LogP contribution in [-0.4, -0.2) is 0 Å². The highest BCUT2D eigenvalue weighted by molar-refractivity contribution is 9.11. The van der Waals surface area contributed by atoms with Crippen LogP contribution < -0.4 is 0 Å². The lowest BCUT2D eigenvalue weighted by atomic mass is 9.82. The van der Waals surface area contributed by atoms with Crippen molar-refractivity contribution in [1.29, 1.82) is 0 Å². The minimum atomic E-state index is 0.0667. The van der Waals surface area contributed by atoms with Gasteiger partial charge in [-0.3, -0.25) is 0 Å². The summed E-state index contributed by atoms with van der Waals surface area (Å²) in [4.78, 5) is 0. The van der Waals surface area contributed by atoms with Gasteiger partial charge in [0.15, 0.2) is 0 Å². The van der Waals surface area contributed by atoms with Gasteiger partial charge >= 0.3 is 0 Å². The van der Waals surface area contributed by atoms with E-state index in [0.717, 1.165) is 8.95 Å². The van der Waals surface area contributed by atoms with Crippen molar-refractivity contribution >= 4 is 43.0 Å². The molecule has 0 aliphatic heterocycles. The molecule has 4 aromatic carbocycles. The largest absolute Gasteiger partial charge is 0.0622 e. The molecule has 0 saturated heterocycles. The molecule has 36 heavy (non-hydrogen) atoms. The number of fused-ring (bicyclic) bond motifs is 3. The molecule has 5 rings (SSSR count). The van der Waals surface area contributed by atoms with Crippen LogP contribution in [0, 0.1) is 0 Å². The zero-order valence-corrected chi connectivity index (χ0v) is 25.0. The smallest absolute Gasteiger partial charge is 0.0192 e. The van der Waals surface area contributed by atoms with Gasteiger partial charge in [0.25, 0.3) is 0 Å². The van der Waals surface area contributed by atoms with Crippen molar-refractivity contribution < 1.29 is 0 Å². The highest BCUT2D eigenvalue weighted by Crippen LogP contribution is 2.51. The maximum atomic E-state index is 3.75. The second-order valence-electron chi connectivity index (χ2n) is 11.8. The van der Waals surface area contributed by atoms with E-state index in [4.69, 9.17) is 0 Å². The first-order valence-electron chi connectivity index (χ1n) is 12.5. The Bertz CT molecular complexity index is 1410. The molecule has 2 heteroatoms. The lowest BCUT2D eigenvalue weighted by molar-refractivity contribution is 0.590. The van der Waals surface area contributed by atoms with Gasteiger partial charge in [-0.1, -0.05) is 128 Å². The molecule has 1 aliphatic rings. The Morgan fingerprint density at radius 1 is 0.500 bits per heavy atom. The number of hydrogen-bond acceptors (Lipinski definition) is 0. The van der Waals surface area contributed by atoms with Crippen molar-refractivity contribution in [2.75, 3.05) is 0 Å². The van der Waals surface area contributed by atoms with E-state index >= 15 is 0 Å². The predicted octanol–water partition coefficient (Wildman–Crippen LogP) is 10.8. The average molecular weight is 600 g/mol. The minimum absolute atomic E-state index is 0.0667. The van der Waals surface area contributed by atoms with Crippen LogP contribution in [0.3, 0.4) is 0 Å². The van der Waals surface area contributed by atoms with Crippen LogP contribution in [0.2, 0.25) is 0 Å². The van der Waals surface area contributed by atoms with Crippen LogP contribution in [0.1, 0.15) is 74.9 Å². The molecular formula is C34H32Br2. The minimum Gasteiger partial charge on any atom is -0.0622 e. The molecule has 0 spiro atoms. The van der Waals surface area contributed by atoms with Gasteiger partial charge in [0.1, 0.15) is 0 Å². The summed E-state index contributed by atoms with van der Waals surface area (Å²) in [5.41, 5.74) is 13.1. The molecule has 0 bridgehead atoms. The predicted molar refractivity (Wildman–Crippen MR) is 163 cm³/mol. The van der Waals surface area contributed by atoms with Crippen molar-refractivity contribution in [3.63, 3.8) is 0 Å². The third kappa shape index (κ3) is 4.66. The summed E-state index contributed by atoms with van der Waals surface area (Å²) in [5, 5.41) is 0. The van der Waals surface area contributed by atoms with Gasteiger partial charge in [0, 0.05) is 8.95 Å². The first-order valence-corrected chi connectivity index (χ1v) is 14.1. The maximum absolute atomic E-state index is 3.75. The number of halogens is 2. The second-order valence-corrected chi connectivity index (χ2v) is 13.6. The highest BCUT2D eigenvalue weighted by atomic mass is 79.9. The molecule has 0 amide bonds. The third-order valence-electron chi connectivity index (χ3n) is 7.06. The van der Waals surface area contributed by atoms with E-state index in [0.29, 0.717) is 0 Å². The summed E-state index contributed by atoms with van der Waals surface area (Å²) >= 11 is 7.50. The van der Waals surface area contributed by atoms with Crippen LogP contribution >= 0.6 is 31.9 Å². The Labute approximate surface area is 232 Å². The zero-order valence-electron chi connectivity index (χ0n) is 21.8. The molecule has 0 aromatic heterocycles. The monoisotopic (exact) mass is 598 g/mol. The van der Waals surface area contributed by atoms with E-state index in [1.54, 1.807) is 0 Å². The van der Waals surface area contributed by atoms with Gasteiger partial charge in [-0.05, 0) is 96.8 Å².